The van der Waals surface area contributed by atoms with E-state index in [4.69, 9.17) is 16.7 Å². The minimum Gasteiger partial charge on any atom is -0.480 e. The number of carboxylic acid groups (broad SMARTS) is 1. The average Bonchev–Trinajstić information content (AvgIpc) is 3.01. The van der Waals surface area contributed by atoms with Crippen LogP contribution in [0.15, 0.2) is 24.3 Å². The fourth-order valence-corrected chi connectivity index (χ4v) is 3.33. The van der Waals surface area contributed by atoms with Gasteiger partial charge >= 0.3 is 5.97 Å². The van der Waals surface area contributed by atoms with Crippen molar-refractivity contribution in [1.82, 2.24) is 10.2 Å². The number of hydrogen-bond acceptors (Lipinski definition) is 4. The molecule has 2 amide bonds. The number of aliphatic carboxylic acids is 1. The largest absolute Gasteiger partial charge is 0.480 e. The molecule has 2 rings (SSSR count). The van der Waals surface area contributed by atoms with E-state index in [0.29, 0.717) is 22.2 Å². The lowest BCUT2D eigenvalue weighted by molar-refractivity contribution is -0.142. The quantitative estimate of drug-likeness (QED) is 0.828. The summed E-state index contributed by atoms with van der Waals surface area (Å²) in [7, 11) is 0. The molecule has 1 saturated heterocycles. The highest BCUT2D eigenvalue weighted by molar-refractivity contribution is 7.99. The highest BCUT2D eigenvalue weighted by Gasteiger charge is 2.36. The van der Waals surface area contributed by atoms with Crippen LogP contribution in [0.3, 0.4) is 0 Å². The van der Waals surface area contributed by atoms with Crippen molar-refractivity contribution < 1.29 is 23.9 Å². The van der Waals surface area contributed by atoms with E-state index in [9.17, 15) is 18.8 Å². The first-order chi connectivity index (χ1) is 10.9. The highest BCUT2D eigenvalue weighted by atomic mass is 35.5. The first-order valence-corrected chi connectivity index (χ1v) is 8.20. The van der Waals surface area contributed by atoms with Crippen LogP contribution >= 0.6 is 23.4 Å². The van der Waals surface area contributed by atoms with E-state index in [-0.39, 0.29) is 5.91 Å². The second-order valence-corrected chi connectivity index (χ2v) is 6.29. The molecule has 2 atom stereocenters. The summed E-state index contributed by atoms with van der Waals surface area (Å²) in [5.74, 6) is -1.88. The molecule has 1 fully saturated rings. The van der Waals surface area contributed by atoms with Gasteiger partial charge in [0.25, 0.3) is 5.91 Å². The van der Waals surface area contributed by atoms with Crippen molar-refractivity contribution in [2.45, 2.75) is 12.1 Å². The zero-order valence-corrected chi connectivity index (χ0v) is 13.4. The van der Waals surface area contributed by atoms with E-state index in [1.54, 1.807) is 24.3 Å². The Labute approximate surface area is 141 Å². The number of amides is 2. The topological polar surface area (TPSA) is 86.7 Å². The first-order valence-electron chi connectivity index (χ1n) is 6.67. The molecule has 2 N–H and O–H groups in total. The van der Waals surface area contributed by atoms with Gasteiger partial charge in [0.1, 0.15) is 12.7 Å². The van der Waals surface area contributed by atoms with Crippen LogP contribution in [0.1, 0.15) is 10.4 Å². The fourth-order valence-electron chi connectivity index (χ4n) is 2.05. The Balaban J connectivity index is 2.10. The molecule has 1 aliphatic rings. The monoisotopic (exact) mass is 360 g/mol. The third kappa shape index (κ3) is 4.14. The molecule has 0 radical (unpaired) electrons. The molecule has 23 heavy (non-hydrogen) atoms. The van der Waals surface area contributed by atoms with Crippen LogP contribution in [0.2, 0.25) is 5.02 Å². The number of nitrogens with one attached hydrogen (secondary N) is 1. The van der Waals surface area contributed by atoms with E-state index in [0.717, 1.165) is 0 Å². The molecule has 0 bridgehead atoms. The van der Waals surface area contributed by atoms with Gasteiger partial charge < -0.3 is 15.3 Å². The van der Waals surface area contributed by atoms with Crippen LogP contribution in [0, 0.1) is 0 Å². The Hall–Kier alpha value is -1.80. The number of carbonyl (C=O) groups excluding carboxylic acids is 2. The summed E-state index contributed by atoms with van der Waals surface area (Å²) >= 11 is 7.14. The minimum absolute atomic E-state index is 0.299. The third-order valence-corrected chi connectivity index (χ3v) is 4.57. The Morgan fingerprint density at radius 3 is 2.61 bits per heavy atom. The van der Waals surface area contributed by atoms with Crippen LogP contribution in [-0.2, 0) is 9.59 Å². The van der Waals surface area contributed by atoms with Crippen molar-refractivity contribution in [1.29, 1.82) is 0 Å². The van der Waals surface area contributed by atoms with Gasteiger partial charge in [-0.25, -0.2) is 9.18 Å². The van der Waals surface area contributed by atoms with Gasteiger partial charge in [0.15, 0.2) is 6.04 Å². The molecule has 1 aliphatic heterocycles. The standard InChI is InChI=1S/C14H14ClFN2O4S/c15-9-3-1-8(2-4-9)13(20)18-7-23-6-11(18)12(19)17-10(5-16)14(21)22/h1-4,10-11H,5-7H2,(H,17,19)(H,21,22). The summed E-state index contributed by atoms with van der Waals surface area (Å²) in [4.78, 5) is 36.7. The number of carbonyl (C=O) groups is 3. The van der Waals surface area contributed by atoms with Crippen LogP contribution in [0.4, 0.5) is 4.39 Å². The summed E-state index contributed by atoms with van der Waals surface area (Å²) in [6, 6.07) is 3.78. The van der Waals surface area contributed by atoms with Gasteiger partial charge in [0.2, 0.25) is 5.91 Å². The number of hydrogen-bond donors (Lipinski definition) is 2. The molecule has 0 saturated carbocycles. The van der Waals surface area contributed by atoms with E-state index < -0.39 is 30.6 Å². The van der Waals surface area contributed by atoms with Gasteiger partial charge in [-0.2, -0.15) is 0 Å². The van der Waals surface area contributed by atoms with Crippen molar-refractivity contribution >= 4 is 41.1 Å². The number of alkyl halides is 1. The average molecular weight is 361 g/mol. The number of halogens is 2. The zero-order valence-electron chi connectivity index (χ0n) is 11.9. The second-order valence-electron chi connectivity index (χ2n) is 4.85. The molecule has 0 aromatic heterocycles. The third-order valence-electron chi connectivity index (χ3n) is 3.31. The van der Waals surface area contributed by atoms with E-state index >= 15 is 0 Å². The summed E-state index contributed by atoms with van der Waals surface area (Å²) in [5, 5.41) is 11.4. The molecular formula is C14H14ClFN2O4S. The van der Waals surface area contributed by atoms with Crippen LogP contribution in [0.5, 0.6) is 0 Å². The number of benzene rings is 1. The lowest BCUT2D eigenvalue weighted by Gasteiger charge is -2.24. The molecule has 2 unspecified atom stereocenters. The van der Waals surface area contributed by atoms with Gasteiger partial charge in [-0.05, 0) is 24.3 Å². The normalized spacial score (nSPS) is 18.5. The van der Waals surface area contributed by atoms with Gasteiger partial charge in [-0.15, -0.1) is 11.8 Å². The SMILES string of the molecule is O=C(O)C(CF)NC(=O)C1CSCN1C(=O)c1ccc(Cl)cc1. The van der Waals surface area contributed by atoms with Gasteiger partial charge in [0, 0.05) is 16.3 Å². The van der Waals surface area contributed by atoms with Gasteiger partial charge in [-0.1, -0.05) is 11.6 Å². The van der Waals surface area contributed by atoms with Crippen LogP contribution < -0.4 is 5.32 Å². The number of nitrogens with zero attached hydrogens (tertiary/aromatic N) is 1. The van der Waals surface area contributed by atoms with Crippen molar-refractivity contribution in [3.63, 3.8) is 0 Å². The molecule has 0 aliphatic carbocycles. The van der Waals surface area contributed by atoms with Crippen molar-refractivity contribution in [3.05, 3.63) is 34.9 Å². The summed E-state index contributed by atoms with van der Waals surface area (Å²) in [6.45, 7) is -1.22. The van der Waals surface area contributed by atoms with E-state index in [2.05, 4.69) is 5.32 Å². The number of rotatable bonds is 5. The Morgan fingerprint density at radius 2 is 2.04 bits per heavy atom. The van der Waals surface area contributed by atoms with Crippen molar-refractivity contribution in [3.8, 4) is 0 Å². The predicted molar refractivity (Wildman–Crippen MR) is 84.3 cm³/mol. The van der Waals surface area contributed by atoms with Crippen molar-refractivity contribution in [2.75, 3.05) is 18.3 Å². The first kappa shape index (κ1) is 17.6. The Bertz CT molecular complexity index is 613. The molecule has 1 heterocycles. The summed E-state index contributed by atoms with van der Waals surface area (Å²) in [6.07, 6.45) is 0. The second kappa shape index (κ2) is 7.65. The Kier molecular flexibility index (Phi) is 5.84. The molecule has 6 nitrogen and oxygen atoms in total. The summed E-state index contributed by atoms with van der Waals surface area (Å²) < 4.78 is 12.6. The van der Waals surface area contributed by atoms with Gasteiger partial charge in [-0.3, -0.25) is 9.59 Å². The lowest BCUT2D eigenvalue weighted by atomic mass is 10.1. The maximum absolute atomic E-state index is 12.6. The molecule has 124 valence electrons. The van der Waals surface area contributed by atoms with E-state index in [1.807, 2.05) is 0 Å². The maximum Gasteiger partial charge on any atom is 0.328 e. The number of carboxylic acids is 1. The smallest absolute Gasteiger partial charge is 0.328 e. The highest BCUT2D eigenvalue weighted by Crippen LogP contribution is 2.24. The van der Waals surface area contributed by atoms with E-state index in [1.165, 1.54) is 16.7 Å². The van der Waals surface area contributed by atoms with Gasteiger partial charge in [0.05, 0.1) is 5.88 Å². The van der Waals surface area contributed by atoms with Crippen LogP contribution in [-0.4, -0.2) is 58.2 Å². The Morgan fingerprint density at radius 1 is 1.39 bits per heavy atom. The van der Waals surface area contributed by atoms with Crippen molar-refractivity contribution in [2.24, 2.45) is 0 Å². The number of thioether (sulfide) groups is 1. The van der Waals surface area contributed by atoms with Crippen LogP contribution in [0.25, 0.3) is 0 Å². The minimum atomic E-state index is -1.61. The lowest BCUT2D eigenvalue weighted by Crippen LogP contribution is -2.52. The molecular weight excluding hydrogens is 347 g/mol. The molecule has 1 aromatic carbocycles. The maximum atomic E-state index is 12.6. The predicted octanol–water partition coefficient (Wildman–Crippen LogP) is 1.39. The summed E-state index contributed by atoms with van der Waals surface area (Å²) in [5.41, 5.74) is 0.370. The molecule has 1 aromatic rings. The fraction of sp³-hybridized carbons (Fsp3) is 0.357. The molecule has 0 spiro atoms. The zero-order chi connectivity index (χ0) is 17.0. The molecule has 9 heteroatoms.